The quantitative estimate of drug-likeness (QED) is 0.426. The van der Waals surface area contributed by atoms with Crippen LogP contribution in [0.5, 0.6) is 5.75 Å². The summed E-state index contributed by atoms with van der Waals surface area (Å²) in [4.78, 5) is 33.6. The topological polar surface area (TPSA) is 120 Å². The van der Waals surface area contributed by atoms with Crippen molar-refractivity contribution in [2.75, 3.05) is 31.6 Å². The molecule has 0 radical (unpaired) electrons. The van der Waals surface area contributed by atoms with E-state index >= 15 is 0 Å². The van der Waals surface area contributed by atoms with Gasteiger partial charge in [-0.3, -0.25) is 14.5 Å². The number of anilines is 2. The zero-order valence-corrected chi connectivity index (χ0v) is 19.9. The minimum absolute atomic E-state index is 0.0721. The fourth-order valence-electron chi connectivity index (χ4n) is 4.23. The number of likely N-dealkylation sites (tertiary alicyclic amines) is 1. The van der Waals surface area contributed by atoms with Crippen molar-refractivity contribution in [3.05, 3.63) is 35.9 Å². The number of primary amides is 1. The highest BCUT2D eigenvalue weighted by Crippen LogP contribution is 2.47. The van der Waals surface area contributed by atoms with Crippen molar-refractivity contribution in [2.24, 2.45) is 5.73 Å². The number of nitrogens with one attached hydrogen (secondary N) is 1. The number of esters is 1. The summed E-state index contributed by atoms with van der Waals surface area (Å²) in [5.41, 5.74) is 6.94. The second kappa shape index (κ2) is 10.6. The Morgan fingerprint density at radius 1 is 1.29 bits per heavy atom. The second-order valence-electron chi connectivity index (χ2n) is 8.43. The molecule has 0 saturated carbocycles. The first kappa shape index (κ1) is 24.2. The Morgan fingerprint density at radius 2 is 2.06 bits per heavy atom. The lowest BCUT2D eigenvalue weighted by Crippen LogP contribution is -2.40. The van der Waals surface area contributed by atoms with E-state index in [-0.39, 0.29) is 18.0 Å². The van der Waals surface area contributed by atoms with Crippen molar-refractivity contribution in [2.45, 2.75) is 49.0 Å². The van der Waals surface area contributed by atoms with Crippen LogP contribution >= 0.6 is 11.8 Å². The number of halogens is 1. The van der Waals surface area contributed by atoms with Crippen LogP contribution in [0.4, 0.5) is 15.9 Å². The molecule has 3 N–H and O–H groups in total. The summed E-state index contributed by atoms with van der Waals surface area (Å²) in [5.74, 6) is -0.295. The molecule has 34 heavy (non-hydrogen) atoms. The number of amides is 1. The molecule has 182 valence electrons. The van der Waals surface area contributed by atoms with Crippen molar-refractivity contribution in [1.82, 2.24) is 14.9 Å². The standard InChI is InChI=1S/C23H28FN5O4S/c1-13-19-22(26-12-27-23(19)34-20(13)21(25)31)28-17-4-3-15(24)11-18(17)33-16-5-7-29(8-6-16)9-10-32-14(2)30/h3-4,11-13,16,20H,5-10H2,1-2H3,(H2,25,31)(H,26,27,28). The van der Waals surface area contributed by atoms with Gasteiger partial charge in [0.2, 0.25) is 5.91 Å². The number of aromatic nitrogens is 2. The number of nitrogens with zero attached hydrogens (tertiary/aromatic N) is 3. The van der Waals surface area contributed by atoms with Crippen molar-refractivity contribution in [3.8, 4) is 5.75 Å². The van der Waals surface area contributed by atoms with Crippen molar-refractivity contribution >= 4 is 35.1 Å². The van der Waals surface area contributed by atoms with Gasteiger partial charge in [-0.2, -0.15) is 0 Å². The number of hydrogen-bond acceptors (Lipinski definition) is 9. The molecule has 1 aromatic carbocycles. The summed E-state index contributed by atoms with van der Waals surface area (Å²) >= 11 is 1.33. The van der Waals surface area contributed by atoms with Gasteiger partial charge < -0.3 is 20.5 Å². The summed E-state index contributed by atoms with van der Waals surface area (Å²) in [7, 11) is 0. The summed E-state index contributed by atoms with van der Waals surface area (Å²) in [6.45, 7) is 5.96. The SMILES string of the molecule is CC(=O)OCCN1CCC(Oc2cc(F)ccc2Nc2ncnc3c2C(C)C(C(N)=O)S3)CC1. The average molecular weight is 490 g/mol. The van der Waals surface area contributed by atoms with Crippen LogP contribution in [0.3, 0.4) is 0 Å². The third kappa shape index (κ3) is 5.58. The van der Waals surface area contributed by atoms with E-state index in [4.69, 9.17) is 15.2 Å². The normalized spacial score (nSPS) is 20.6. The van der Waals surface area contributed by atoms with Gasteiger partial charge in [-0.1, -0.05) is 18.7 Å². The molecule has 3 heterocycles. The lowest BCUT2D eigenvalue weighted by Gasteiger charge is -2.32. The number of benzene rings is 1. The maximum atomic E-state index is 14.1. The molecule has 2 atom stereocenters. The van der Waals surface area contributed by atoms with Crippen molar-refractivity contribution in [1.29, 1.82) is 0 Å². The van der Waals surface area contributed by atoms with Crippen LogP contribution in [0.15, 0.2) is 29.6 Å². The van der Waals surface area contributed by atoms with E-state index in [1.54, 1.807) is 6.07 Å². The van der Waals surface area contributed by atoms with E-state index in [0.29, 0.717) is 35.4 Å². The highest BCUT2D eigenvalue weighted by atomic mass is 32.2. The molecule has 0 bridgehead atoms. The number of fused-ring (bicyclic) bond motifs is 1. The maximum absolute atomic E-state index is 14.1. The lowest BCUT2D eigenvalue weighted by atomic mass is 9.99. The van der Waals surface area contributed by atoms with E-state index < -0.39 is 17.0 Å². The van der Waals surface area contributed by atoms with Gasteiger partial charge in [0.1, 0.15) is 41.4 Å². The fourth-order valence-corrected chi connectivity index (χ4v) is 5.45. The molecule has 2 unspecified atom stereocenters. The number of piperidine rings is 1. The molecule has 0 spiro atoms. The van der Waals surface area contributed by atoms with Crippen LogP contribution in [0, 0.1) is 5.82 Å². The number of carbonyl (C=O) groups excluding carboxylic acids is 2. The Balaban J connectivity index is 1.44. The first-order valence-corrected chi connectivity index (χ1v) is 12.1. The van der Waals surface area contributed by atoms with E-state index in [1.807, 2.05) is 6.92 Å². The second-order valence-corrected chi connectivity index (χ2v) is 9.57. The van der Waals surface area contributed by atoms with Crippen molar-refractivity contribution in [3.63, 3.8) is 0 Å². The van der Waals surface area contributed by atoms with Gasteiger partial charge in [-0.25, -0.2) is 14.4 Å². The molecule has 1 saturated heterocycles. The summed E-state index contributed by atoms with van der Waals surface area (Å²) in [6, 6.07) is 4.34. The van der Waals surface area contributed by atoms with E-state index in [9.17, 15) is 14.0 Å². The Bertz CT molecular complexity index is 1060. The largest absolute Gasteiger partial charge is 0.488 e. The highest BCUT2D eigenvalue weighted by Gasteiger charge is 2.37. The smallest absolute Gasteiger partial charge is 0.302 e. The van der Waals surface area contributed by atoms with Gasteiger partial charge in [0.05, 0.1) is 10.9 Å². The van der Waals surface area contributed by atoms with Gasteiger partial charge in [-0.15, -0.1) is 0 Å². The van der Waals surface area contributed by atoms with Gasteiger partial charge in [0, 0.05) is 44.1 Å². The first-order chi connectivity index (χ1) is 16.3. The number of rotatable bonds is 8. The molecule has 2 aliphatic rings. The molecule has 1 aromatic heterocycles. The number of nitrogens with two attached hydrogens (primary N) is 1. The maximum Gasteiger partial charge on any atom is 0.302 e. The fraction of sp³-hybridized carbons (Fsp3) is 0.478. The van der Waals surface area contributed by atoms with Crippen molar-refractivity contribution < 1.29 is 23.5 Å². The molecule has 2 aliphatic heterocycles. The molecule has 11 heteroatoms. The summed E-state index contributed by atoms with van der Waals surface area (Å²) in [5, 5.41) is 3.55. The summed E-state index contributed by atoms with van der Waals surface area (Å²) in [6.07, 6.45) is 2.90. The van der Waals surface area contributed by atoms with Crippen LogP contribution < -0.4 is 15.8 Å². The van der Waals surface area contributed by atoms with Gasteiger partial charge in [0.15, 0.2) is 0 Å². The molecule has 1 amide bonds. The zero-order valence-electron chi connectivity index (χ0n) is 19.1. The molecule has 0 aliphatic carbocycles. The molecular formula is C23H28FN5O4S. The number of carbonyl (C=O) groups is 2. The highest BCUT2D eigenvalue weighted by molar-refractivity contribution is 8.01. The minimum atomic E-state index is -0.415. The average Bonchev–Trinajstić information content (AvgIpc) is 3.14. The molecule has 9 nitrogen and oxygen atoms in total. The van der Waals surface area contributed by atoms with Gasteiger partial charge in [-0.05, 0) is 25.0 Å². The van der Waals surface area contributed by atoms with E-state index in [0.717, 1.165) is 31.5 Å². The summed E-state index contributed by atoms with van der Waals surface area (Å²) < 4.78 is 25.3. The van der Waals surface area contributed by atoms with Crippen LogP contribution in [0.25, 0.3) is 0 Å². The number of hydrogen-bond donors (Lipinski definition) is 2. The van der Waals surface area contributed by atoms with Crippen LogP contribution in [0.1, 0.15) is 38.2 Å². The third-order valence-corrected chi connectivity index (χ3v) is 7.46. The van der Waals surface area contributed by atoms with E-state index in [2.05, 4.69) is 20.2 Å². The Morgan fingerprint density at radius 3 is 2.76 bits per heavy atom. The van der Waals surface area contributed by atoms with Crippen LogP contribution in [0.2, 0.25) is 0 Å². The van der Waals surface area contributed by atoms with Crippen LogP contribution in [-0.4, -0.2) is 64.3 Å². The lowest BCUT2D eigenvalue weighted by molar-refractivity contribution is -0.141. The molecule has 1 fully saturated rings. The Hall–Kier alpha value is -2.92. The van der Waals surface area contributed by atoms with Crippen LogP contribution in [-0.2, 0) is 14.3 Å². The Labute approximate surface area is 201 Å². The zero-order chi connectivity index (χ0) is 24.2. The van der Waals surface area contributed by atoms with E-state index in [1.165, 1.54) is 37.1 Å². The molecule has 2 aromatic rings. The minimum Gasteiger partial charge on any atom is -0.488 e. The predicted octanol–water partition coefficient (Wildman–Crippen LogP) is 2.83. The van der Waals surface area contributed by atoms with Gasteiger partial charge in [0.25, 0.3) is 0 Å². The molecular weight excluding hydrogens is 461 g/mol. The monoisotopic (exact) mass is 489 g/mol. The first-order valence-electron chi connectivity index (χ1n) is 11.2. The Kier molecular flexibility index (Phi) is 7.52. The molecule has 4 rings (SSSR count). The third-order valence-electron chi connectivity index (χ3n) is 6.01. The van der Waals surface area contributed by atoms with Gasteiger partial charge >= 0.3 is 5.97 Å². The predicted molar refractivity (Wildman–Crippen MR) is 126 cm³/mol. The number of thioether (sulfide) groups is 1. The number of ether oxygens (including phenoxy) is 2.